The Kier molecular flexibility index (Phi) is 2.62. The molecule has 0 aromatic heterocycles. The third kappa shape index (κ3) is 1.65. The summed E-state index contributed by atoms with van der Waals surface area (Å²) in [5.74, 6) is -0.463. The monoisotopic (exact) mass is 219 g/mol. The quantitative estimate of drug-likeness (QED) is 0.687. The summed E-state index contributed by atoms with van der Waals surface area (Å²) in [5, 5.41) is 0. The van der Waals surface area contributed by atoms with Crippen LogP contribution in [0, 0.1) is 0 Å². The minimum absolute atomic E-state index is 0.176. The highest BCUT2D eigenvalue weighted by atomic mass is 16.2. The van der Waals surface area contributed by atoms with Gasteiger partial charge in [0.1, 0.15) is 0 Å². The molecule has 0 radical (unpaired) electrons. The lowest BCUT2D eigenvalue weighted by molar-refractivity contribution is -0.125. The number of hydrogen-bond acceptors (Lipinski definition) is 4. The van der Waals surface area contributed by atoms with Gasteiger partial charge in [0.15, 0.2) is 0 Å². The Labute approximate surface area is 93.0 Å². The lowest BCUT2D eigenvalue weighted by Crippen LogP contribution is -2.34. The summed E-state index contributed by atoms with van der Waals surface area (Å²) in [6.07, 6.45) is 0.409. The zero-order valence-electron chi connectivity index (χ0n) is 8.77. The first kappa shape index (κ1) is 10.6. The molecule has 0 unspecified atom stereocenters. The Bertz CT molecular complexity index is 457. The maximum atomic E-state index is 11.7. The van der Waals surface area contributed by atoms with Crippen LogP contribution in [0.25, 0.3) is 0 Å². The third-order valence-corrected chi connectivity index (χ3v) is 2.54. The van der Waals surface area contributed by atoms with E-state index in [0.717, 1.165) is 5.56 Å². The predicted octanol–water partition coefficient (Wildman–Crippen LogP) is 0.0333. The second-order valence-corrected chi connectivity index (χ2v) is 3.73. The van der Waals surface area contributed by atoms with Crippen LogP contribution in [-0.2, 0) is 16.0 Å². The van der Waals surface area contributed by atoms with Gasteiger partial charge in [-0.15, -0.1) is 0 Å². The lowest BCUT2D eigenvalue weighted by atomic mass is 10.1. The summed E-state index contributed by atoms with van der Waals surface area (Å²) in [5.41, 5.74) is 13.0. The fourth-order valence-corrected chi connectivity index (χ4v) is 1.85. The van der Waals surface area contributed by atoms with Crippen LogP contribution in [0.2, 0.25) is 0 Å². The van der Waals surface area contributed by atoms with E-state index in [-0.39, 0.29) is 31.2 Å². The van der Waals surface area contributed by atoms with Crippen molar-refractivity contribution in [2.24, 2.45) is 5.73 Å². The van der Waals surface area contributed by atoms with Crippen molar-refractivity contribution in [3.05, 3.63) is 23.8 Å². The predicted molar refractivity (Wildman–Crippen MR) is 60.7 cm³/mol. The van der Waals surface area contributed by atoms with E-state index in [2.05, 4.69) is 0 Å². The number of hydrogen-bond donors (Lipinski definition) is 2. The first-order valence-electron chi connectivity index (χ1n) is 5.07. The Balaban J connectivity index is 2.36. The average molecular weight is 219 g/mol. The fraction of sp³-hybridized carbons (Fsp3) is 0.273. The Morgan fingerprint density at radius 2 is 2.19 bits per heavy atom. The number of anilines is 2. The molecule has 16 heavy (non-hydrogen) atoms. The van der Waals surface area contributed by atoms with Crippen molar-refractivity contribution in [3.63, 3.8) is 0 Å². The summed E-state index contributed by atoms with van der Waals surface area (Å²) in [6.45, 7) is 0.243. The minimum Gasteiger partial charge on any atom is -0.399 e. The van der Waals surface area contributed by atoms with Gasteiger partial charge in [0.25, 0.3) is 0 Å². The van der Waals surface area contributed by atoms with Crippen LogP contribution < -0.4 is 16.4 Å². The highest BCUT2D eigenvalue weighted by Gasteiger charge is 2.31. The number of nitrogens with two attached hydrogens (primary N) is 2. The summed E-state index contributed by atoms with van der Waals surface area (Å²) in [6, 6.07) is 5.10. The van der Waals surface area contributed by atoms with Crippen molar-refractivity contribution in [2.75, 3.05) is 17.2 Å². The van der Waals surface area contributed by atoms with Crippen molar-refractivity contribution in [1.29, 1.82) is 0 Å². The first-order chi connectivity index (χ1) is 7.63. The SMILES string of the molecule is NCCC(=O)N1C(=O)Cc2cc(N)ccc21. The van der Waals surface area contributed by atoms with Gasteiger partial charge in [-0.2, -0.15) is 0 Å². The molecule has 0 spiro atoms. The van der Waals surface area contributed by atoms with E-state index in [4.69, 9.17) is 11.5 Å². The van der Waals surface area contributed by atoms with E-state index in [1.165, 1.54) is 4.90 Å². The molecular formula is C11H13N3O2. The van der Waals surface area contributed by atoms with Crippen molar-refractivity contribution in [1.82, 2.24) is 0 Å². The topological polar surface area (TPSA) is 89.4 Å². The number of benzene rings is 1. The highest BCUT2D eigenvalue weighted by Crippen LogP contribution is 2.30. The number of carbonyl (C=O) groups is 2. The van der Waals surface area contributed by atoms with Crippen molar-refractivity contribution < 1.29 is 9.59 Å². The van der Waals surface area contributed by atoms with Crippen LogP contribution >= 0.6 is 0 Å². The molecule has 5 nitrogen and oxygen atoms in total. The molecule has 0 atom stereocenters. The zero-order valence-corrected chi connectivity index (χ0v) is 8.77. The van der Waals surface area contributed by atoms with Gasteiger partial charge in [0.2, 0.25) is 11.8 Å². The summed E-state index contributed by atoms with van der Waals surface area (Å²) in [7, 11) is 0. The van der Waals surface area contributed by atoms with Crippen LogP contribution in [0.5, 0.6) is 0 Å². The molecule has 0 bridgehead atoms. The van der Waals surface area contributed by atoms with Crippen LogP contribution in [0.1, 0.15) is 12.0 Å². The molecule has 0 fully saturated rings. The lowest BCUT2D eigenvalue weighted by Gasteiger charge is -2.14. The smallest absolute Gasteiger partial charge is 0.238 e. The third-order valence-electron chi connectivity index (χ3n) is 2.54. The van der Waals surface area contributed by atoms with E-state index in [9.17, 15) is 9.59 Å². The molecule has 1 aliphatic heterocycles. The van der Waals surface area contributed by atoms with E-state index in [1.54, 1.807) is 18.2 Å². The van der Waals surface area contributed by atoms with Gasteiger partial charge < -0.3 is 11.5 Å². The Morgan fingerprint density at radius 3 is 2.88 bits per heavy atom. The van der Waals surface area contributed by atoms with Crippen LogP contribution in [0.4, 0.5) is 11.4 Å². The first-order valence-corrected chi connectivity index (χ1v) is 5.07. The summed E-state index contributed by atoms with van der Waals surface area (Å²) >= 11 is 0. The Morgan fingerprint density at radius 1 is 1.44 bits per heavy atom. The standard InChI is InChI=1S/C11H13N3O2/c12-4-3-10(15)14-9-2-1-8(13)5-7(9)6-11(14)16/h1-2,5H,3-4,6,12-13H2. The second-order valence-electron chi connectivity index (χ2n) is 3.73. The number of carbonyl (C=O) groups excluding carboxylic acids is 2. The van der Waals surface area contributed by atoms with Crippen LogP contribution in [0.15, 0.2) is 18.2 Å². The van der Waals surface area contributed by atoms with Gasteiger partial charge in [-0.1, -0.05) is 0 Å². The normalized spacial score (nSPS) is 14.1. The number of nitrogens with zero attached hydrogens (tertiary/aromatic N) is 1. The van der Waals surface area contributed by atoms with Gasteiger partial charge in [-0.25, -0.2) is 4.90 Å². The fourth-order valence-electron chi connectivity index (χ4n) is 1.85. The molecule has 1 aromatic carbocycles. The van der Waals surface area contributed by atoms with E-state index < -0.39 is 0 Å². The number of rotatable bonds is 2. The van der Waals surface area contributed by atoms with Crippen molar-refractivity contribution in [2.45, 2.75) is 12.8 Å². The molecule has 4 N–H and O–H groups in total. The van der Waals surface area contributed by atoms with Crippen molar-refractivity contribution >= 4 is 23.2 Å². The number of amides is 2. The van der Waals surface area contributed by atoms with Gasteiger partial charge >= 0.3 is 0 Å². The van der Waals surface area contributed by atoms with Gasteiger partial charge in [0, 0.05) is 18.7 Å². The largest absolute Gasteiger partial charge is 0.399 e. The zero-order chi connectivity index (χ0) is 11.7. The maximum Gasteiger partial charge on any atom is 0.238 e. The molecule has 5 heteroatoms. The van der Waals surface area contributed by atoms with Crippen LogP contribution in [-0.4, -0.2) is 18.4 Å². The summed E-state index contributed by atoms with van der Waals surface area (Å²) < 4.78 is 0. The molecular weight excluding hydrogens is 206 g/mol. The van der Waals surface area contributed by atoms with Crippen molar-refractivity contribution in [3.8, 4) is 0 Å². The maximum absolute atomic E-state index is 11.7. The molecule has 1 aliphatic rings. The molecule has 0 saturated carbocycles. The average Bonchev–Trinajstić information content (AvgIpc) is 2.53. The molecule has 0 saturated heterocycles. The highest BCUT2D eigenvalue weighted by molar-refractivity contribution is 6.19. The number of fused-ring (bicyclic) bond motifs is 1. The van der Waals surface area contributed by atoms with Gasteiger partial charge in [-0.05, 0) is 23.8 Å². The molecule has 1 aromatic rings. The van der Waals surface area contributed by atoms with Crippen LogP contribution in [0.3, 0.4) is 0 Å². The van der Waals surface area contributed by atoms with E-state index >= 15 is 0 Å². The number of imide groups is 1. The molecule has 2 rings (SSSR count). The number of nitrogen functional groups attached to an aromatic ring is 1. The van der Waals surface area contributed by atoms with Gasteiger partial charge in [0.05, 0.1) is 12.1 Å². The molecule has 84 valence electrons. The van der Waals surface area contributed by atoms with E-state index in [1.807, 2.05) is 0 Å². The minimum atomic E-state index is -0.254. The molecule has 1 heterocycles. The Hall–Kier alpha value is -1.88. The van der Waals surface area contributed by atoms with E-state index in [0.29, 0.717) is 11.4 Å². The van der Waals surface area contributed by atoms with Gasteiger partial charge in [-0.3, -0.25) is 9.59 Å². The molecule has 0 aliphatic carbocycles. The molecule has 2 amide bonds. The second kappa shape index (κ2) is 3.94. The summed E-state index contributed by atoms with van der Waals surface area (Å²) in [4.78, 5) is 24.6.